The van der Waals surface area contributed by atoms with Crippen LogP contribution in [0, 0.1) is 42.8 Å². The molecule has 0 fully saturated rings. The van der Waals surface area contributed by atoms with Crippen molar-refractivity contribution < 1.29 is 47.6 Å². The van der Waals surface area contributed by atoms with Gasteiger partial charge in [-0.05, 0) is 0 Å². The van der Waals surface area contributed by atoms with Crippen molar-refractivity contribution in [3.63, 3.8) is 0 Å². The van der Waals surface area contributed by atoms with Gasteiger partial charge in [0.05, 0.1) is 0 Å². The van der Waals surface area contributed by atoms with Crippen LogP contribution in [0.25, 0.3) is 0 Å². The summed E-state index contributed by atoms with van der Waals surface area (Å²) in [6, 6.07) is 0. The Morgan fingerprint density at radius 3 is 2.20 bits per heavy atom. The molecule has 0 aromatic rings. The third-order valence-electron chi connectivity index (χ3n) is 0.498. The van der Waals surface area contributed by atoms with Gasteiger partial charge < -0.3 is 0 Å². The minimum absolute atomic E-state index is 0.174. The molecule has 0 amide bonds. The van der Waals surface area contributed by atoms with Crippen LogP contribution in [0.2, 0.25) is 0 Å². The molecule has 0 rings (SSSR count). The van der Waals surface area contributed by atoms with E-state index in [0.717, 1.165) is 6.42 Å². The number of carbonyl (C=O) groups excluding carboxylic acids is 1. The SMILES string of the molecule is CC[C](=O)[RaH]. The van der Waals surface area contributed by atoms with Crippen molar-refractivity contribution in [1.29, 1.82) is 0 Å². The Hall–Kier alpha value is 1.14. The summed E-state index contributed by atoms with van der Waals surface area (Å²) >= 11 is 0.174. The van der Waals surface area contributed by atoms with E-state index in [1.807, 2.05) is 6.92 Å². The first-order valence-corrected chi connectivity index (χ1v) is 5.87. The van der Waals surface area contributed by atoms with E-state index in [2.05, 4.69) is 0 Å². The molecule has 1 nitrogen and oxygen atoms in total. The summed E-state index contributed by atoms with van der Waals surface area (Å²) in [5.74, 6) is 0. The zero-order valence-corrected chi connectivity index (χ0v) is 11.8. The Morgan fingerprint density at radius 2 is 2.20 bits per heavy atom. The first-order chi connectivity index (χ1) is 2.27. The zero-order valence-electron chi connectivity index (χ0n) is 3.62. The van der Waals surface area contributed by atoms with Crippen molar-refractivity contribution in [2.45, 2.75) is 13.3 Å². The van der Waals surface area contributed by atoms with Crippen LogP contribution in [0.5, 0.6) is 0 Å². The van der Waals surface area contributed by atoms with Crippen molar-refractivity contribution >= 4 is 0.824 Å². The molecule has 0 bridgehead atoms. The predicted molar refractivity (Wildman–Crippen MR) is 16.7 cm³/mol. The van der Waals surface area contributed by atoms with Gasteiger partial charge in [0, 0.05) is 0 Å². The number of hydrogen-bond acceptors (Lipinski definition) is 1. The van der Waals surface area contributed by atoms with Gasteiger partial charge in [0.15, 0.2) is 0 Å². The van der Waals surface area contributed by atoms with E-state index >= 15 is 0 Å². The summed E-state index contributed by atoms with van der Waals surface area (Å²) in [6.45, 7) is 1.91. The quantitative estimate of drug-likeness (QED) is 0.672. The standard InChI is InChI=1S/C3H5O.Ra.H/c1-2-3-4;;/h2H2,1H3;;. The molecule has 0 spiro atoms. The Kier molecular flexibility index (Phi) is 4.09. The Balaban J connectivity index is 2.85. The third-order valence-corrected chi connectivity index (χ3v) is 3.40. The van der Waals surface area contributed by atoms with Crippen molar-refractivity contribution in [3.8, 4) is 0 Å². The average Bonchev–Trinajstić information content (AvgIpc) is 1.38. The zero-order chi connectivity index (χ0) is 4.28. The summed E-state index contributed by atoms with van der Waals surface area (Å²) in [7, 11) is 0. The van der Waals surface area contributed by atoms with Crippen LogP contribution < -0.4 is 0 Å². The molecule has 0 aromatic heterocycles. The average molecular weight is 284 g/mol. The number of rotatable bonds is 1. The van der Waals surface area contributed by atoms with Gasteiger partial charge in [-0.2, -0.15) is 0 Å². The summed E-state index contributed by atoms with van der Waals surface area (Å²) in [6.07, 6.45) is 0.769. The van der Waals surface area contributed by atoms with E-state index < -0.39 is 0 Å². The molecule has 26 valence electrons. The molecule has 0 saturated heterocycles. The maximum absolute atomic E-state index is 9.91. The molecule has 0 aliphatic heterocycles. The maximum atomic E-state index is 9.91. The third kappa shape index (κ3) is 5.14. The van der Waals surface area contributed by atoms with Crippen LogP contribution in [0.4, 0.5) is 0 Å². The summed E-state index contributed by atoms with van der Waals surface area (Å²) < 4.78 is 0.484. The van der Waals surface area contributed by atoms with Crippen LogP contribution in [0.3, 0.4) is 0 Å². The first-order valence-electron chi connectivity index (χ1n) is 1.76. The minimum atomic E-state index is 0.174. The molecule has 0 heterocycles. The summed E-state index contributed by atoms with van der Waals surface area (Å²) in [4.78, 5) is 9.91. The van der Waals surface area contributed by atoms with Crippen LogP contribution >= 0.6 is 0 Å². The fourth-order valence-electron chi connectivity index (χ4n) is 0. The fraction of sp³-hybridized carbons (Fsp3) is 0.667. The van der Waals surface area contributed by atoms with Crippen LogP contribution in [-0.4, -0.2) is 0.824 Å². The van der Waals surface area contributed by atoms with Gasteiger partial charge in [0.1, 0.15) is 0 Å². The Bertz CT molecular complexity index is 42.2. The fourth-order valence-corrected chi connectivity index (χ4v) is 0. The van der Waals surface area contributed by atoms with E-state index in [0.29, 0.717) is 0.824 Å². The first kappa shape index (κ1) is 6.14. The molecule has 0 saturated carbocycles. The second-order valence-corrected chi connectivity index (χ2v) is 5.64. The van der Waals surface area contributed by atoms with Gasteiger partial charge in [-0.1, -0.05) is 0 Å². The monoisotopic (exact) mass is 284 g/mol. The van der Waals surface area contributed by atoms with E-state index in [1.165, 1.54) is 0 Å². The van der Waals surface area contributed by atoms with Gasteiger partial charge in [0.25, 0.3) is 0 Å². The predicted octanol–water partition coefficient (Wildman–Crippen LogP) is 0.205. The molecular weight excluding hydrogens is 278 g/mol. The van der Waals surface area contributed by atoms with Gasteiger partial charge in [-0.25, -0.2) is 0 Å². The van der Waals surface area contributed by atoms with E-state index in [1.54, 1.807) is 0 Å². The number of hydrogen-bond donors (Lipinski definition) is 0. The molecule has 0 aliphatic carbocycles. The molecule has 0 aromatic carbocycles. The topological polar surface area (TPSA) is 17.1 Å². The summed E-state index contributed by atoms with van der Waals surface area (Å²) in [5, 5.41) is 0. The van der Waals surface area contributed by atoms with Crippen LogP contribution in [0.1, 0.15) is 13.3 Å². The Morgan fingerprint density at radius 1 is 2.00 bits per heavy atom. The van der Waals surface area contributed by atoms with Crippen LogP contribution in [0.15, 0.2) is 0 Å². The van der Waals surface area contributed by atoms with Crippen molar-refractivity contribution in [2.75, 3.05) is 0 Å². The van der Waals surface area contributed by atoms with Gasteiger partial charge in [-0.3, -0.25) is 0 Å². The van der Waals surface area contributed by atoms with Gasteiger partial charge >= 0.3 is 61.8 Å². The van der Waals surface area contributed by atoms with E-state index in [-0.39, 0.29) is 42.8 Å². The van der Waals surface area contributed by atoms with Crippen molar-refractivity contribution in [2.24, 2.45) is 0 Å². The second kappa shape index (κ2) is 3.33. The van der Waals surface area contributed by atoms with Crippen LogP contribution in [-0.2, 0) is 4.79 Å². The number of carbonyl (C=O) groups is 1. The Labute approximate surface area is 60.9 Å². The van der Waals surface area contributed by atoms with Crippen molar-refractivity contribution in [3.05, 3.63) is 0 Å². The molecule has 0 unspecified atom stereocenters. The van der Waals surface area contributed by atoms with E-state index in [9.17, 15) is 4.79 Å². The van der Waals surface area contributed by atoms with Crippen molar-refractivity contribution in [1.82, 2.24) is 0 Å². The van der Waals surface area contributed by atoms with Gasteiger partial charge in [-0.15, -0.1) is 0 Å². The molecule has 0 aliphatic rings. The summed E-state index contributed by atoms with van der Waals surface area (Å²) in [5.41, 5.74) is 0. The normalized spacial score (nSPS) is 7.20. The molecule has 5 heavy (non-hydrogen) atoms. The molecule has 2 heteroatoms. The molecule has 0 radical (unpaired) electrons. The molecule has 0 atom stereocenters. The molecule has 0 N–H and O–H groups in total. The van der Waals surface area contributed by atoms with Gasteiger partial charge in [0.2, 0.25) is 0 Å². The molecular formula is C3H6ORa. The second-order valence-electron chi connectivity index (χ2n) is 1.06. The van der Waals surface area contributed by atoms with E-state index in [4.69, 9.17) is 0 Å².